The second-order valence-electron chi connectivity index (χ2n) is 3.16. The second kappa shape index (κ2) is 5.87. The molecule has 5 nitrogen and oxygen atoms in total. The van der Waals surface area contributed by atoms with Gasteiger partial charge in [0.05, 0.1) is 12.4 Å². The van der Waals surface area contributed by atoms with Gasteiger partial charge >= 0.3 is 0 Å². The van der Waals surface area contributed by atoms with Crippen molar-refractivity contribution in [2.45, 2.75) is 25.5 Å². The molecule has 0 radical (unpaired) electrons. The largest absolute Gasteiger partial charge is 0.383 e. The van der Waals surface area contributed by atoms with Gasteiger partial charge < -0.3 is 9.30 Å². The lowest BCUT2D eigenvalue weighted by Crippen LogP contribution is -2.08. The van der Waals surface area contributed by atoms with Crippen LogP contribution in [0.2, 0.25) is 0 Å². The topological polar surface area (TPSA) is 57.0 Å². The number of ketones is 1. The van der Waals surface area contributed by atoms with E-state index in [0.29, 0.717) is 12.4 Å². The first kappa shape index (κ1) is 12.2. The summed E-state index contributed by atoms with van der Waals surface area (Å²) in [6, 6.07) is 0. The number of Topliss-reactive ketones (excluding diaryl/α,β-unsaturated/α-hetero) is 1. The van der Waals surface area contributed by atoms with E-state index >= 15 is 0 Å². The highest BCUT2D eigenvalue weighted by molar-refractivity contribution is 7.99. The van der Waals surface area contributed by atoms with Gasteiger partial charge in [0.1, 0.15) is 11.6 Å². The Morgan fingerprint density at radius 3 is 2.87 bits per heavy atom. The molecular formula is C9H15N3O2S. The minimum absolute atomic E-state index is 0.138. The van der Waals surface area contributed by atoms with Gasteiger partial charge in [-0.15, -0.1) is 10.2 Å². The number of aromatic nitrogens is 3. The Bertz CT molecular complexity index is 338. The third-order valence-corrected chi connectivity index (χ3v) is 2.94. The zero-order chi connectivity index (χ0) is 11.3. The molecule has 0 unspecified atom stereocenters. The highest BCUT2D eigenvalue weighted by atomic mass is 32.2. The van der Waals surface area contributed by atoms with Gasteiger partial charge in [0.15, 0.2) is 5.16 Å². The zero-order valence-corrected chi connectivity index (χ0v) is 10.0. The Kier molecular flexibility index (Phi) is 4.77. The van der Waals surface area contributed by atoms with E-state index in [0.717, 1.165) is 17.5 Å². The molecule has 0 atom stereocenters. The molecule has 0 bridgehead atoms. The summed E-state index contributed by atoms with van der Waals surface area (Å²) in [4.78, 5) is 10.8. The van der Waals surface area contributed by atoms with Crippen LogP contribution in [0, 0.1) is 6.92 Å². The monoisotopic (exact) mass is 229 g/mol. The lowest BCUT2D eigenvalue weighted by atomic mass is 10.5. The van der Waals surface area contributed by atoms with Gasteiger partial charge in [0.25, 0.3) is 0 Å². The van der Waals surface area contributed by atoms with E-state index in [1.165, 1.54) is 11.8 Å². The van der Waals surface area contributed by atoms with E-state index in [1.807, 2.05) is 11.5 Å². The predicted octanol–water partition coefficient (Wildman–Crippen LogP) is 0.914. The second-order valence-corrected chi connectivity index (χ2v) is 4.11. The highest BCUT2D eigenvalue weighted by Crippen LogP contribution is 2.16. The van der Waals surface area contributed by atoms with Crippen molar-refractivity contribution >= 4 is 17.5 Å². The third kappa shape index (κ3) is 3.64. The number of hydrogen-bond acceptors (Lipinski definition) is 5. The van der Waals surface area contributed by atoms with E-state index < -0.39 is 0 Å². The first-order chi connectivity index (χ1) is 7.15. The zero-order valence-electron chi connectivity index (χ0n) is 9.19. The van der Waals surface area contributed by atoms with E-state index in [2.05, 4.69) is 10.2 Å². The molecule has 84 valence electrons. The van der Waals surface area contributed by atoms with Gasteiger partial charge in [-0.1, -0.05) is 11.8 Å². The van der Waals surface area contributed by atoms with E-state index in [1.54, 1.807) is 14.0 Å². The van der Waals surface area contributed by atoms with E-state index in [-0.39, 0.29) is 5.78 Å². The number of hydrogen-bond donors (Lipinski definition) is 0. The summed E-state index contributed by atoms with van der Waals surface area (Å²) in [5.41, 5.74) is 0. The smallest absolute Gasteiger partial charge is 0.191 e. The van der Waals surface area contributed by atoms with Crippen molar-refractivity contribution in [2.75, 3.05) is 19.5 Å². The van der Waals surface area contributed by atoms with Crippen LogP contribution in [0.1, 0.15) is 12.7 Å². The molecule has 0 fully saturated rings. The molecule has 0 aliphatic carbocycles. The molecule has 0 N–H and O–H groups in total. The van der Waals surface area contributed by atoms with E-state index in [4.69, 9.17) is 4.74 Å². The molecule has 15 heavy (non-hydrogen) atoms. The van der Waals surface area contributed by atoms with Gasteiger partial charge in [-0.2, -0.15) is 0 Å². The first-order valence-electron chi connectivity index (χ1n) is 4.66. The third-order valence-electron chi connectivity index (χ3n) is 1.83. The highest BCUT2D eigenvalue weighted by Gasteiger charge is 2.09. The van der Waals surface area contributed by atoms with Crippen molar-refractivity contribution in [1.29, 1.82) is 0 Å². The maximum absolute atomic E-state index is 10.8. The van der Waals surface area contributed by atoms with Crippen LogP contribution in [0.25, 0.3) is 0 Å². The van der Waals surface area contributed by atoms with E-state index in [9.17, 15) is 4.79 Å². The van der Waals surface area contributed by atoms with Crippen LogP contribution >= 0.6 is 11.8 Å². The fourth-order valence-electron chi connectivity index (χ4n) is 1.07. The molecule has 0 aliphatic rings. The summed E-state index contributed by atoms with van der Waals surface area (Å²) < 4.78 is 6.95. The van der Waals surface area contributed by atoms with Crippen molar-refractivity contribution in [3.63, 3.8) is 0 Å². The van der Waals surface area contributed by atoms with Crippen LogP contribution in [0.4, 0.5) is 0 Å². The molecule has 1 aromatic rings. The molecule has 6 heteroatoms. The summed E-state index contributed by atoms with van der Waals surface area (Å²) in [5, 5.41) is 8.76. The Balaban J connectivity index is 2.65. The minimum atomic E-state index is 0.138. The number of carbonyl (C=O) groups excluding carboxylic acids is 1. The molecule has 0 spiro atoms. The number of nitrogens with zero attached hydrogens (tertiary/aromatic N) is 3. The lowest BCUT2D eigenvalue weighted by molar-refractivity contribution is -0.114. The normalized spacial score (nSPS) is 10.6. The van der Waals surface area contributed by atoms with Gasteiger partial charge in [-0.25, -0.2) is 0 Å². The Labute approximate surface area is 93.2 Å². The van der Waals surface area contributed by atoms with Crippen LogP contribution in [-0.2, 0) is 16.1 Å². The van der Waals surface area contributed by atoms with Crippen molar-refractivity contribution in [3.05, 3.63) is 5.82 Å². The van der Waals surface area contributed by atoms with Crippen LogP contribution in [0.5, 0.6) is 0 Å². The molecule has 1 aromatic heterocycles. The molecule has 0 aliphatic heterocycles. The molecule has 1 rings (SSSR count). The van der Waals surface area contributed by atoms with Gasteiger partial charge in [-0.3, -0.25) is 4.79 Å². The fourth-order valence-corrected chi connectivity index (χ4v) is 1.88. The standard InChI is InChI=1S/C9H15N3O2S/c1-7(13)6-15-9-11-10-8(2)12(9)4-5-14-3/h4-6H2,1-3H3. The molecule has 0 aromatic carbocycles. The van der Waals surface area contributed by atoms with Gasteiger partial charge in [0.2, 0.25) is 0 Å². The van der Waals surface area contributed by atoms with Crippen molar-refractivity contribution in [3.8, 4) is 0 Å². The summed E-state index contributed by atoms with van der Waals surface area (Å²) in [5.74, 6) is 1.42. The number of methoxy groups -OCH3 is 1. The average Bonchev–Trinajstić information content (AvgIpc) is 2.53. The van der Waals surface area contributed by atoms with Crippen molar-refractivity contribution in [2.24, 2.45) is 0 Å². The number of carbonyl (C=O) groups is 1. The molecule has 0 saturated carbocycles. The number of aryl methyl sites for hydroxylation is 1. The summed E-state index contributed by atoms with van der Waals surface area (Å²) in [6.07, 6.45) is 0. The lowest BCUT2D eigenvalue weighted by Gasteiger charge is -2.06. The van der Waals surface area contributed by atoms with Crippen LogP contribution in [0.3, 0.4) is 0 Å². The number of thioether (sulfide) groups is 1. The maximum atomic E-state index is 10.8. The quantitative estimate of drug-likeness (QED) is 0.679. The molecule has 1 heterocycles. The van der Waals surface area contributed by atoms with Crippen LogP contribution in [0.15, 0.2) is 5.16 Å². The maximum Gasteiger partial charge on any atom is 0.191 e. The average molecular weight is 229 g/mol. The van der Waals surface area contributed by atoms with Gasteiger partial charge in [0, 0.05) is 13.7 Å². The van der Waals surface area contributed by atoms with Crippen molar-refractivity contribution in [1.82, 2.24) is 14.8 Å². The summed E-state index contributed by atoms with van der Waals surface area (Å²) >= 11 is 1.41. The minimum Gasteiger partial charge on any atom is -0.383 e. The number of rotatable bonds is 6. The number of ether oxygens (including phenoxy) is 1. The van der Waals surface area contributed by atoms with Crippen molar-refractivity contribution < 1.29 is 9.53 Å². The Morgan fingerprint density at radius 2 is 2.27 bits per heavy atom. The SMILES string of the molecule is COCCn1c(C)nnc1SCC(C)=O. The summed E-state index contributed by atoms with van der Waals surface area (Å²) in [6.45, 7) is 4.79. The predicted molar refractivity (Wildman–Crippen MR) is 58.0 cm³/mol. The van der Waals surface area contributed by atoms with Gasteiger partial charge in [-0.05, 0) is 13.8 Å². The summed E-state index contributed by atoms with van der Waals surface area (Å²) in [7, 11) is 1.65. The Morgan fingerprint density at radius 1 is 1.53 bits per heavy atom. The first-order valence-corrected chi connectivity index (χ1v) is 5.64. The fraction of sp³-hybridized carbons (Fsp3) is 0.667. The molecule has 0 amide bonds. The molecular weight excluding hydrogens is 214 g/mol. The van der Waals surface area contributed by atoms with Crippen LogP contribution in [-0.4, -0.2) is 40.0 Å². The molecule has 0 saturated heterocycles. The van der Waals surface area contributed by atoms with Crippen LogP contribution < -0.4 is 0 Å². The Hall–Kier alpha value is -0.880.